The van der Waals surface area contributed by atoms with E-state index in [0.717, 1.165) is 24.5 Å². The lowest BCUT2D eigenvalue weighted by molar-refractivity contribution is 0.426. The van der Waals surface area contributed by atoms with Crippen LogP contribution >= 0.6 is 12.4 Å². The first-order valence-electron chi connectivity index (χ1n) is 9.68. The van der Waals surface area contributed by atoms with Crippen LogP contribution in [0.15, 0.2) is 54.6 Å². The highest BCUT2D eigenvalue weighted by Gasteiger charge is 2.10. The molecule has 0 atom stereocenters. The van der Waals surface area contributed by atoms with E-state index in [-0.39, 0.29) is 12.4 Å². The van der Waals surface area contributed by atoms with E-state index in [1.165, 1.54) is 37.7 Å². The second kappa shape index (κ2) is 12.1. The Morgan fingerprint density at radius 3 is 2.61 bits per heavy atom. The molecule has 150 valence electrons. The zero-order valence-corrected chi connectivity index (χ0v) is 17.1. The lowest BCUT2D eigenvalue weighted by Crippen LogP contribution is -2.14. The van der Waals surface area contributed by atoms with E-state index in [9.17, 15) is 0 Å². The number of benzene rings is 2. The normalized spacial score (nSPS) is 10.5. The highest BCUT2D eigenvalue weighted by molar-refractivity contribution is 5.85. The minimum absolute atomic E-state index is 0. The van der Waals surface area contributed by atoms with Crippen molar-refractivity contribution in [3.63, 3.8) is 0 Å². The largest absolute Gasteiger partial charge is 0.423 e. The molecule has 28 heavy (non-hydrogen) atoms. The summed E-state index contributed by atoms with van der Waals surface area (Å²) in [6, 6.07) is 18.1. The summed E-state index contributed by atoms with van der Waals surface area (Å²) in [6.45, 7) is 4.11. The SMILES string of the molecule is CCCCCCCNCc1cccc(Oc2nnnn2-c2ccccc2)c1.Cl. The van der Waals surface area contributed by atoms with Gasteiger partial charge in [-0.15, -0.1) is 12.4 Å². The van der Waals surface area contributed by atoms with Gasteiger partial charge in [0.2, 0.25) is 0 Å². The first-order chi connectivity index (χ1) is 13.4. The Hall–Kier alpha value is -2.44. The van der Waals surface area contributed by atoms with E-state index in [2.05, 4.69) is 33.8 Å². The van der Waals surface area contributed by atoms with Crippen LogP contribution < -0.4 is 10.1 Å². The number of aromatic nitrogens is 4. The maximum Gasteiger partial charge on any atom is 0.345 e. The fourth-order valence-corrected chi connectivity index (χ4v) is 2.88. The second-order valence-corrected chi connectivity index (χ2v) is 6.55. The number of nitrogens with one attached hydrogen (secondary N) is 1. The molecule has 3 aromatic rings. The van der Waals surface area contributed by atoms with Crippen LogP contribution in [-0.4, -0.2) is 26.8 Å². The average Bonchev–Trinajstić information content (AvgIpc) is 3.16. The van der Waals surface area contributed by atoms with Crippen LogP contribution in [0.3, 0.4) is 0 Å². The topological polar surface area (TPSA) is 64.9 Å². The highest BCUT2D eigenvalue weighted by Crippen LogP contribution is 2.22. The lowest BCUT2D eigenvalue weighted by Gasteiger charge is -2.08. The minimum Gasteiger partial charge on any atom is -0.423 e. The minimum atomic E-state index is 0. The van der Waals surface area contributed by atoms with Crippen LogP contribution in [0.4, 0.5) is 0 Å². The molecular weight excluding hydrogens is 374 g/mol. The van der Waals surface area contributed by atoms with Crippen LogP contribution in [0.2, 0.25) is 0 Å². The van der Waals surface area contributed by atoms with Gasteiger partial charge in [-0.2, -0.15) is 4.68 Å². The molecule has 0 bridgehead atoms. The summed E-state index contributed by atoms with van der Waals surface area (Å²) in [7, 11) is 0. The maximum atomic E-state index is 5.92. The van der Waals surface area contributed by atoms with E-state index in [1.807, 2.05) is 48.5 Å². The van der Waals surface area contributed by atoms with Crippen molar-refractivity contribution in [2.24, 2.45) is 0 Å². The first kappa shape index (κ1) is 21.9. The highest BCUT2D eigenvalue weighted by atomic mass is 35.5. The number of nitrogens with zero attached hydrogens (tertiary/aromatic N) is 4. The smallest absolute Gasteiger partial charge is 0.345 e. The molecule has 7 heteroatoms. The van der Waals surface area contributed by atoms with Gasteiger partial charge >= 0.3 is 6.01 Å². The van der Waals surface area contributed by atoms with Gasteiger partial charge in [-0.1, -0.05) is 68.0 Å². The molecule has 0 aliphatic rings. The zero-order valence-electron chi connectivity index (χ0n) is 16.3. The fourth-order valence-electron chi connectivity index (χ4n) is 2.88. The Labute approximate surface area is 172 Å². The van der Waals surface area contributed by atoms with Crippen LogP contribution in [0.5, 0.6) is 11.8 Å². The maximum absolute atomic E-state index is 5.92. The Kier molecular flexibility index (Phi) is 9.45. The summed E-state index contributed by atoms with van der Waals surface area (Å²) in [6.07, 6.45) is 6.47. The van der Waals surface area contributed by atoms with Crippen molar-refractivity contribution in [3.8, 4) is 17.4 Å². The molecule has 0 fully saturated rings. The monoisotopic (exact) mass is 401 g/mol. The van der Waals surface area contributed by atoms with Crippen molar-refractivity contribution in [3.05, 3.63) is 60.2 Å². The van der Waals surface area contributed by atoms with Gasteiger partial charge in [0.05, 0.1) is 5.69 Å². The van der Waals surface area contributed by atoms with Crippen molar-refractivity contribution in [2.75, 3.05) is 6.54 Å². The standard InChI is InChI=1S/C21H27N5O.ClH/c1-2-3-4-5-9-15-22-17-18-11-10-14-20(16-18)27-21-23-24-25-26(21)19-12-7-6-8-13-19;/h6-8,10-14,16,22H,2-5,9,15,17H2,1H3;1H. The summed E-state index contributed by atoms with van der Waals surface area (Å²) < 4.78 is 7.50. The third kappa shape index (κ3) is 6.62. The van der Waals surface area contributed by atoms with Crippen LogP contribution in [0.1, 0.15) is 44.6 Å². The van der Waals surface area contributed by atoms with Gasteiger partial charge < -0.3 is 10.1 Å². The van der Waals surface area contributed by atoms with Gasteiger partial charge in [-0.3, -0.25) is 0 Å². The molecule has 0 aliphatic heterocycles. The summed E-state index contributed by atoms with van der Waals surface area (Å²) >= 11 is 0. The number of halogens is 1. The molecule has 0 saturated carbocycles. The molecule has 0 aliphatic carbocycles. The number of hydrogen-bond donors (Lipinski definition) is 1. The van der Waals surface area contributed by atoms with Gasteiger partial charge in [-0.25, -0.2) is 0 Å². The summed E-state index contributed by atoms with van der Waals surface area (Å²) in [4.78, 5) is 0. The van der Waals surface area contributed by atoms with Crippen LogP contribution in [-0.2, 0) is 6.54 Å². The van der Waals surface area contributed by atoms with Gasteiger partial charge in [0.1, 0.15) is 5.75 Å². The Morgan fingerprint density at radius 2 is 1.79 bits per heavy atom. The summed E-state index contributed by atoms with van der Waals surface area (Å²) in [5.41, 5.74) is 2.04. The third-order valence-electron chi connectivity index (χ3n) is 4.34. The molecule has 0 spiro atoms. The molecule has 1 N–H and O–H groups in total. The van der Waals surface area contributed by atoms with Gasteiger partial charge in [0, 0.05) is 6.54 Å². The average molecular weight is 402 g/mol. The lowest BCUT2D eigenvalue weighted by atomic mass is 10.1. The van der Waals surface area contributed by atoms with Crippen LogP contribution in [0, 0.1) is 0 Å². The molecular formula is C21H28ClN5O. The van der Waals surface area contributed by atoms with E-state index in [0.29, 0.717) is 6.01 Å². The quantitative estimate of drug-likeness (QED) is 0.461. The van der Waals surface area contributed by atoms with E-state index >= 15 is 0 Å². The predicted octanol–water partition coefficient (Wildman–Crippen LogP) is 4.94. The molecule has 6 nitrogen and oxygen atoms in total. The van der Waals surface area contributed by atoms with Crippen molar-refractivity contribution in [2.45, 2.75) is 45.6 Å². The molecule has 1 heterocycles. The molecule has 3 rings (SSSR count). The number of ether oxygens (including phenoxy) is 1. The van der Waals surface area contributed by atoms with Gasteiger partial charge in [0.25, 0.3) is 0 Å². The summed E-state index contributed by atoms with van der Waals surface area (Å²) in [5, 5.41) is 15.2. The third-order valence-corrected chi connectivity index (χ3v) is 4.34. The number of hydrogen-bond acceptors (Lipinski definition) is 5. The predicted molar refractivity (Wildman–Crippen MR) is 113 cm³/mol. The zero-order chi connectivity index (χ0) is 18.7. The Balaban J connectivity index is 0.00000280. The number of para-hydroxylation sites is 1. The molecule has 0 amide bonds. The van der Waals surface area contributed by atoms with Crippen LogP contribution in [0.25, 0.3) is 5.69 Å². The fraction of sp³-hybridized carbons (Fsp3) is 0.381. The number of rotatable bonds is 11. The molecule has 0 unspecified atom stereocenters. The first-order valence-corrected chi connectivity index (χ1v) is 9.68. The van der Waals surface area contributed by atoms with Crippen molar-refractivity contribution >= 4 is 12.4 Å². The Morgan fingerprint density at radius 1 is 0.964 bits per heavy atom. The van der Waals surface area contributed by atoms with E-state index in [4.69, 9.17) is 4.74 Å². The second-order valence-electron chi connectivity index (χ2n) is 6.55. The number of tetrazole rings is 1. The van der Waals surface area contributed by atoms with E-state index < -0.39 is 0 Å². The molecule has 2 aromatic carbocycles. The van der Waals surface area contributed by atoms with Crippen molar-refractivity contribution < 1.29 is 4.74 Å². The Bertz CT molecular complexity index is 809. The summed E-state index contributed by atoms with van der Waals surface area (Å²) in [5.74, 6) is 0.726. The van der Waals surface area contributed by atoms with Gasteiger partial charge in [-0.05, 0) is 53.2 Å². The molecule has 0 radical (unpaired) electrons. The molecule has 1 aromatic heterocycles. The van der Waals surface area contributed by atoms with Crippen molar-refractivity contribution in [1.29, 1.82) is 0 Å². The van der Waals surface area contributed by atoms with Gasteiger partial charge in [0.15, 0.2) is 0 Å². The number of unbranched alkanes of at least 4 members (excludes halogenated alkanes) is 4. The van der Waals surface area contributed by atoms with Crippen molar-refractivity contribution in [1.82, 2.24) is 25.5 Å². The van der Waals surface area contributed by atoms with E-state index in [1.54, 1.807) is 4.68 Å². The molecule has 0 saturated heterocycles.